The number of hydrogen-bond donors (Lipinski definition) is 1. The van der Waals surface area contributed by atoms with Gasteiger partial charge < -0.3 is 9.84 Å². The maximum absolute atomic E-state index is 13.2. The van der Waals surface area contributed by atoms with E-state index in [1.54, 1.807) is 6.07 Å². The van der Waals surface area contributed by atoms with Crippen molar-refractivity contribution in [3.05, 3.63) is 53.6 Å². The molecule has 0 aromatic heterocycles. The highest BCUT2D eigenvalue weighted by molar-refractivity contribution is 6.08. The van der Waals surface area contributed by atoms with E-state index < -0.39 is 11.8 Å². The molecule has 0 aliphatic rings. The predicted octanol–water partition coefficient (Wildman–Crippen LogP) is 5.43. The van der Waals surface area contributed by atoms with E-state index in [1.807, 2.05) is 31.2 Å². The average molecular weight is 376 g/mol. The third-order valence-electron chi connectivity index (χ3n) is 4.52. The molecule has 1 unspecified atom stereocenters. The molecule has 0 fully saturated rings. The molecule has 2 rings (SSSR count). The SMILES string of the molecule is [B]CCCOc1ccc(-c2ccc(C(C)(O)C(F)(F)F)cc2CCC)cc1. The van der Waals surface area contributed by atoms with Crippen LogP contribution >= 0.6 is 0 Å². The maximum Gasteiger partial charge on any atom is 0.421 e. The molecule has 1 N–H and O–H groups in total. The summed E-state index contributed by atoms with van der Waals surface area (Å²) in [4.78, 5) is 0. The fourth-order valence-corrected chi connectivity index (χ4v) is 2.82. The largest absolute Gasteiger partial charge is 0.494 e. The molecule has 6 heteroatoms. The molecule has 0 saturated heterocycles. The molecular formula is C21H24BF3O2. The fourth-order valence-electron chi connectivity index (χ4n) is 2.82. The summed E-state index contributed by atoms with van der Waals surface area (Å²) in [7, 11) is 5.44. The summed E-state index contributed by atoms with van der Waals surface area (Å²) < 4.78 is 45.1. The Morgan fingerprint density at radius 3 is 2.30 bits per heavy atom. The van der Waals surface area contributed by atoms with Crippen LogP contribution in [-0.4, -0.2) is 25.7 Å². The minimum atomic E-state index is -4.74. The summed E-state index contributed by atoms with van der Waals surface area (Å²) in [6, 6.07) is 11.9. The van der Waals surface area contributed by atoms with Gasteiger partial charge in [-0.25, -0.2) is 0 Å². The van der Waals surface area contributed by atoms with Gasteiger partial charge in [-0.2, -0.15) is 13.2 Å². The first-order valence-corrected chi connectivity index (χ1v) is 9.06. The number of alkyl halides is 3. The van der Waals surface area contributed by atoms with Crippen molar-refractivity contribution in [1.82, 2.24) is 0 Å². The molecule has 2 aromatic rings. The van der Waals surface area contributed by atoms with Gasteiger partial charge in [-0.1, -0.05) is 50.0 Å². The van der Waals surface area contributed by atoms with Crippen LogP contribution < -0.4 is 4.74 Å². The van der Waals surface area contributed by atoms with Crippen LogP contribution in [0.4, 0.5) is 13.2 Å². The van der Waals surface area contributed by atoms with Gasteiger partial charge >= 0.3 is 6.18 Å². The first kappa shape index (κ1) is 21.4. The van der Waals surface area contributed by atoms with Crippen molar-refractivity contribution in [2.75, 3.05) is 6.61 Å². The van der Waals surface area contributed by atoms with Crippen LogP contribution in [0.15, 0.2) is 42.5 Å². The summed E-state index contributed by atoms with van der Waals surface area (Å²) in [5.74, 6) is 0.723. The Kier molecular flexibility index (Phi) is 6.98. The van der Waals surface area contributed by atoms with Gasteiger partial charge in [0.15, 0.2) is 5.60 Å². The highest BCUT2D eigenvalue weighted by Gasteiger charge is 2.51. The summed E-state index contributed by atoms with van der Waals surface area (Å²) in [6.07, 6.45) is -2.01. The van der Waals surface area contributed by atoms with E-state index in [2.05, 4.69) is 0 Å². The Balaban J connectivity index is 2.34. The van der Waals surface area contributed by atoms with E-state index >= 15 is 0 Å². The third kappa shape index (κ3) is 5.07. The second kappa shape index (κ2) is 8.83. The summed E-state index contributed by atoms with van der Waals surface area (Å²) in [6.45, 7) is 3.29. The van der Waals surface area contributed by atoms with Crippen molar-refractivity contribution in [2.24, 2.45) is 0 Å². The molecule has 0 aliphatic carbocycles. The van der Waals surface area contributed by atoms with Crippen molar-refractivity contribution in [1.29, 1.82) is 0 Å². The molecule has 0 amide bonds. The molecule has 0 saturated carbocycles. The predicted molar refractivity (Wildman–Crippen MR) is 102 cm³/mol. The highest BCUT2D eigenvalue weighted by atomic mass is 19.4. The van der Waals surface area contributed by atoms with Crippen molar-refractivity contribution in [3.8, 4) is 16.9 Å². The number of halogens is 3. The topological polar surface area (TPSA) is 29.5 Å². The van der Waals surface area contributed by atoms with E-state index in [0.29, 0.717) is 19.3 Å². The molecule has 0 bridgehead atoms. The molecule has 2 aromatic carbocycles. The standard InChI is InChI=1S/C21H24BF3O2/c1-3-5-16-14-17(20(2,26)21(23,24)25)8-11-19(16)15-6-9-18(10-7-15)27-13-4-12-22/h6-11,14,26H,3-5,12-13H2,1-2H3. The third-order valence-corrected chi connectivity index (χ3v) is 4.52. The van der Waals surface area contributed by atoms with Crippen molar-refractivity contribution >= 4 is 7.85 Å². The van der Waals surface area contributed by atoms with Crippen molar-refractivity contribution < 1.29 is 23.0 Å². The average Bonchev–Trinajstić information content (AvgIpc) is 2.62. The zero-order valence-electron chi connectivity index (χ0n) is 15.6. The van der Waals surface area contributed by atoms with Crippen molar-refractivity contribution in [3.63, 3.8) is 0 Å². The number of aryl methyl sites for hydroxylation is 1. The second-order valence-electron chi connectivity index (χ2n) is 6.71. The number of ether oxygens (including phenoxy) is 1. The second-order valence-corrected chi connectivity index (χ2v) is 6.71. The van der Waals surface area contributed by atoms with Gasteiger partial charge in [0, 0.05) is 0 Å². The molecule has 2 radical (unpaired) electrons. The fraction of sp³-hybridized carbons (Fsp3) is 0.429. The van der Waals surface area contributed by atoms with E-state index in [1.165, 1.54) is 12.1 Å². The van der Waals surface area contributed by atoms with Crippen LogP contribution in [0.25, 0.3) is 11.1 Å². The van der Waals surface area contributed by atoms with E-state index in [9.17, 15) is 18.3 Å². The molecular weight excluding hydrogens is 352 g/mol. The molecule has 0 heterocycles. The smallest absolute Gasteiger partial charge is 0.421 e. The minimum absolute atomic E-state index is 0.149. The summed E-state index contributed by atoms with van der Waals surface area (Å²) in [5, 5.41) is 9.97. The van der Waals surface area contributed by atoms with Crippen LogP contribution in [0.3, 0.4) is 0 Å². The lowest BCUT2D eigenvalue weighted by Crippen LogP contribution is -2.39. The van der Waals surface area contributed by atoms with Crippen LogP contribution in [0.1, 0.15) is 37.8 Å². The number of hydrogen-bond acceptors (Lipinski definition) is 2. The summed E-state index contributed by atoms with van der Waals surface area (Å²) >= 11 is 0. The zero-order valence-corrected chi connectivity index (χ0v) is 15.6. The van der Waals surface area contributed by atoms with Gasteiger partial charge in [0.05, 0.1) is 14.5 Å². The monoisotopic (exact) mass is 376 g/mol. The number of benzene rings is 2. The Morgan fingerprint density at radius 2 is 1.74 bits per heavy atom. The first-order chi connectivity index (χ1) is 12.7. The van der Waals surface area contributed by atoms with Gasteiger partial charge in [-0.15, -0.1) is 0 Å². The molecule has 0 spiro atoms. The maximum atomic E-state index is 13.2. The zero-order chi connectivity index (χ0) is 20.1. The van der Waals surface area contributed by atoms with Crippen LogP contribution in [-0.2, 0) is 12.0 Å². The van der Waals surface area contributed by atoms with Gasteiger partial charge in [-0.05, 0) is 54.2 Å². The summed E-state index contributed by atoms with van der Waals surface area (Å²) in [5.41, 5.74) is -0.510. The molecule has 0 aliphatic heterocycles. The lowest BCUT2D eigenvalue weighted by molar-refractivity contribution is -0.258. The van der Waals surface area contributed by atoms with E-state index in [0.717, 1.165) is 42.2 Å². The first-order valence-electron chi connectivity index (χ1n) is 9.06. The molecule has 27 heavy (non-hydrogen) atoms. The Hall–Kier alpha value is -1.95. The normalized spacial score (nSPS) is 14.0. The van der Waals surface area contributed by atoms with Crippen LogP contribution in [0.2, 0.25) is 6.32 Å². The van der Waals surface area contributed by atoms with Crippen LogP contribution in [0.5, 0.6) is 5.75 Å². The quantitative estimate of drug-likeness (QED) is 0.492. The van der Waals surface area contributed by atoms with Gasteiger partial charge in [0.2, 0.25) is 0 Å². The van der Waals surface area contributed by atoms with Gasteiger partial charge in [-0.3, -0.25) is 0 Å². The molecule has 1 atom stereocenters. The lowest BCUT2D eigenvalue weighted by atomic mass is 9.88. The Morgan fingerprint density at radius 1 is 1.07 bits per heavy atom. The van der Waals surface area contributed by atoms with Crippen LogP contribution in [0, 0.1) is 0 Å². The number of aliphatic hydroxyl groups is 1. The van der Waals surface area contributed by atoms with Crippen molar-refractivity contribution in [2.45, 2.75) is 51.2 Å². The highest BCUT2D eigenvalue weighted by Crippen LogP contribution is 2.40. The lowest BCUT2D eigenvalue weighted by Gasteiger charge is -2.27. The molecule has 144 valence electrons. The Labute approximate surface area is 159 Å². The van der Waals surface area contributed by atoms with Gasteiger partial charge in [0.25, 0.3) is 0 Å². The Bertz CT molecular complexity index is 740. The van der Waals surface area contributed by atoms with E-state index in [-0.39, 0.29) is 5.56 Å². The minimum Gasteiger partial charge on any atom is -0.494 e. The molecule has 2 nitrogen and oxygen atoms in total. The van der Waals surface area contributed by atoms with E-state index in [4.69, 9.17) is 12.6 Å². The number of rotatable bonds is 8. The van der Waals surface area contributed by atoms with Gasteiger partial charge in [0.1, 0.15) is 5.75 Å².